The molecule has 0 aromatic rings. The van der Waals surface area contributed by atoms with Gasteiger partial charge in [-0.25, -0.2) is 0 Å². The maximum atomic E-state index is 13.7. The van der Waals surface area contributed by atoms with Crippen LogP contribution in [0.15, 0.2) is 0 Å². The molecule has 40 heavy (non-hydrogen) atoms. The van der Waals surface area contributed by atoms with Crippen molar-refractivity contribution in [1.82, 2.24) is 14.9 Å². The first-order valence-electron chi connectivity index (χ1n) is 14.4. The van der Waals surface area contributed by atoms with Crippen LogP contribution in [0.1, 0.15) is 74.7 Å². The quantitative estimate of drug-likeness (QED) is 0.208. The van der Waals surface area contributed by atoms with Gasteiger partial charge < -0.3 is 23.6 Å². The number of carbonyl (C=O) groups excluding carboxylic acids is 4. The Hall–Kier alpha value is -2.01. The van der Waals surface area contributed by atoms with Crippen LogP contribution in [-0.2, 0) is 42.4 Å². The minimum Gasteiger partial charge on any atom is -0.465 e. The molecule has 0 aromatic heterocycles. The van der Waals surface area contributed by atoms with Crippen LogP contribution in [-0.4, -0.2) is 95.9 Å². The summed E-state index contributed by atoms with van der Waals surface area (Å²) < 4.78 is 29.1. The highest BCUT2D eigenvalue weighted by molar-refractivity contribution is 7.54. The van der Waals surface area contributed by atoms with Gasteiger partial charge in [-0.3, -0.25) is 28.6 Å². The summed E-state index contributed by atoms with van der Waals surface area (Å²) >= 11 is 0. The van der Waals surface area contributed by atoms with E-state index in [4.69, 9.17) is 18.6 Å². The van der Waals surface area contributed by atoms with Crippen molar-refractivity contribution in [2.45, 2.75) is 93.0 Å². The zero-order chi connectivity index (χ0) is 30.2. The predicted octanol–water partition coefficient (Wildman–Crippen LogP) is 3.44. The number of hydrogen-bond acceptors (Lipinski definition) is 9. The van der Waals surface area contributed by atoms with Gasteiger partial charge in [-0.15, -0.1) is 0 Å². The van der Waals surface area contributed by atoms with Gasteiger partial charge in [-0.05, 0) is 44.4 Å². The van der Waals surface area contributed by atoms with Crippen LogP contribution in [0.2, 0.25) is 0 Å². The van der Waals surface area contributed by atoms with E-state index in [1.165, 1.54) is 9.80 Å². The van der Waals surface area contributed by atoms with Gasteiger partial charge in [-0.1, -0.05) is 41.5 Å². The van der Waals surface area contributed by atoms with Gasteiger partial charge in [0.15, 0.2) is 12.3 Å². The molecule has 0 spiro atoms. The Bertz CT molecular complexity index is 932. The van der Waals surface area contributed by atoms with Crippen LogP contribution in [0, 0.1) is 17.8 Å². The summed E-state index contributed by atoms with van der Waals surface area (Å²) in [6, 6.07) is -0.850. The van der Waals surface area contributed by atoms with Crippen molar-refractivity contribution < 1.29 is 42.4 Å². The Morgan fingerprint density at radius 2 is 1.55 bits per heavy atom. The molecule has 0 aliphatic carbocycles. The van der Waals surface area contributed by atoms with Crippen molar-refractivity contribution in [3.05, 3.63) is 0 Å². The van der Waals surface area contributed by atoms with E-state index in [2.05, 4.69) is 0 Å². The maximum absolute atomic E-state index is 13.7. The van der Waals surface area contributed by atoms with E-state index >= 15 is 0 Å². The predicted molar refractivity (Wildman–Crippen MR) is 148 cm³/mol. The second-order valence-electron chi connectivity index (χ2n) is 11.5. The summed E-state index contributed by atoms with van der Waals surface area (Å²) in [6.07, 6.45) is -1.86. The fraction of sp³-hybridized carbons (Fsp3) is 0.852. The van der Waals surface area contributed by atoms with Crippen LogP contribution in [0.25, 0.3) is 0 Å². The summed E-state index contributed by atoms with van der Waals surface area (Å²) in [5.41, 5.74) is 0. The van der Waals surface area contributed by atoms with Gasteiger partial charge in [0.05, 0.1) is 32.8 Å². The average molecular weight is 590 g/mol. The Morgan fingerprint density at radius 1 is 0.950 bits per heavy atom. The summed E-state index contributed by atoms with van der Waals surface area (Å²) in [7, 11) is -3.78. The molecule has 0 unspecified atom stereocenters. The molecule has 2 aliphatic rings. The minimum atomic E-state index is -3.78. The van der Waals surface area contributed by atoms with E-state index < -0.39 is 43.9 Å². The summed E-state index contributed by atoms with van der Waals surface area (Å²) in [5.74, 6) is -1.45. The first-order valence-corrected chi connectivity index (χ1v) is 16.1. The number of ether oxygens (including phenoxy) is 1. The van der Waals surface area contributed by atoms with Gasteiger partial charge in [-0.2, -0.15) is 5.06 Å². The van der Waals surface area contributed by atoms with E-state index in [-0.39, 0.29) is 68.9 Å². The molecule has 2 rings (SSSR count). The highest BCUT2D eigenvalue weighted by Gasteiger charge is 2.53. The smallest absolute Gasteiger partial charge is 0.340 e. The Morgan fingerprint density at radius 3 is 2.08 bits per heavy atom. The van der Waals surface area contributed by atoms with E-state index in [0.29, 0.717) is 12.8 Å². The SMILES string of the molecule is CCOP(=O)(CC(=O)N1O[C@H](CC(C)C)C(=O)N2[C@@H]1CN(CCC(=O)OCC(C)C)C(=O)[C@@H]2CC(C)C)OCC. The van der Waals surface area contributed by atoms with Crippen molar-refractivity contribution in [1.29, 1.82) is 0 Å². The van der Waals surface area contributed by atoms with Crippen molar-refractivity contribution >= 4 is 31.3 Å². The molecule has 0 bridgehead atoms. The molecule has 2 fully saturated rings. The summed E-state index contributed by atoms with van der Waals surface area (Å²) in [4.78, 5) is 62.3. The second-order valence-corrected chi connectivity index (χ2v) is 13.6. The molecule has 2 aliphatic heterocycles. The molecule has 2 saturated heterocycles. The van der Waals surface area contributed by atoms with Crippen molar-refractivity contribution in [3.8, 4) is 0 Å². The van der Waals surface area contributed by atoms with Crippen molar-refractivity contribution in [3.63, 3.8) is 0 Å². The number of amides is 3. The zero-order valence-electron chi connectivity index (χ0n) is 25.3. The average Bonchev–Trinajstić information content (AvgIpc) is 2.84. The van der Waals surface area contributed by atoms with Crippen molar-refractivity contribution in [2.75, 3.05) is 39.1 Å². The number of piperazine rings is 1. The third kappa shape index (κ3) is 9.26. The van der Waals surface area contributed by atoms with Crippen LogP contribution in [0.4, 0.5) is 0 Å². The summed E-state index contributed by atoms with van der Waals surface area (Å²) in [5, 5.41) is 1.07. The molecule has 0 N–H and O–H groups in total. The third-order valence-electron chi connectivity index (χ3n) is 6.45. The van der Waals surface area contributed by atoms with Gasteiger partial charge in [0.25, 0.3) is 11.8 Å². The number of rotatable bonds is 15. The lowest BCUT2D eigenvalue weighted by molar-refractivity contribution is -0.275. The normalized spacial score (nSPS) is 22.0. The monoisotopic (exact) mass is 589 g/mol. The van der Waals surface area contributed by atoms with Crippen LogP contribution < -0.4 is 0 Å². The number of fused-ring (bicyclic) bond motifs is 1. The lowest BCUT2D eigenvalue weighted by Gasteiger charge is -2.53. The van der Waals surface area contributed by atoms with E-state index in [1.807, 2.05) is 41.5 Å². The number of hydroxylamine groups is 2. The first kappa shape index (κ1) is 34.2. The molecule has 230 valence electrons. The number of carbonyl (C=O) groups is 4. The number of hydrogen-bond donors (Lipinski definition) is 0. The third-order valence-corrected chi connectivity index (χ3v) is 8.41. The van der Waals surface area contributed by atoms with Crippen LogP contribution >= 0.6 is 7.60 Å². The topological polar surface area (TPSA) is 132 Å². The Labute approximate surface area is 238 Å². The molecular formula is C27H48N3O9P. The minimum absolute atomic E-state index is 0.0256. The van der Waals surface area contributed by atoms with Crippen molar-refractivity contribution in [2.24, 2.45) is 17.8 Å². The van der Waals surface area contributed by atoms with Gasteiger partial charge in [0, 0.05) is 6.54 Å². The van der Waals surface area contributed by atoms with Gasteiger partial charge >= 0.3 is 13.6 Å². The molecule has 2 heterocycles. The fourth-order valence-electron chi connectivity index (χ4n) is 4.79. The van der Waals surface area contributed by atoms with Crippen LogP contribution in [0.5, 0.6) is 0 Å². The first-order chi connectivity index (χ1) is 18.7. The molecule has 3 amide bonds. The highest BCUT2D eigenvalue weighted by atomic mass is 31.2. The molecular weight excluding hydrogens is 541 g/mol. The summed E-state index contributed by atoms with van der Waals surface area (Å²) in [6.45, 7) is 15.4. The fourth-order valence-corrected chi connectivity index (χ4v) is 6.31. The molecule has 12 nitrogen and oxygen atoms in total. The Kier molecular flexibility index (Phi) is 13.1. The molecule has 0 radical (unpaired) electrons. The molecule has 13 heteroatoms. The lowest BCUT2D eigenvalue weighted by atomic mass is 9.95. The standard InChI is InChI=1S/C27H48N3O9P/c1-9-37-40(35,38-10-2)17-24(31)30-23-15-28(12-11-25(32)36-16-20(7)8)26(33)21(13-18(3)4)29(23)27(34)22(39-30)14-19(5)6/h18-23H,9-17H2,1-8H3/t21-,22+,23-/m0/s1. The molecule has 3 atom stereocenters. The van der Waals surface area contributed by atoms with Crippen LogP contribution in [0.3, 0.4) is 0 Å². The highest BCUT2D eigenvalue weighted by Crippen LogP contribution is 2.48. The van der Waals surface area contributed by atoms with E-state index in [1.54, 1.807) is 13.8 Å². The van der Waals surface area contributed by atoms with E-state index in [0.717, 1.165) is 5.06 Å². The largest absolute Gasteiger partial charge is 0.465 e. The van der Waals surface area contributed by atoms with Gasteiger partial charge in [0.1, 0.15) is 12.2 Å². The Balaban J connectivity index is 2.42. The van der Waals surface area contributed by atoms with Gasteiger partial charge in [0.2, 0.25) is 5.91 Å². The molecule has 0 aromatic carbocycles. The maximum Gasteiger partial charge on any atom is 0.340 e. The number of esters is 1. The zero-order valence-corrected chi connectivity index (χ0v) is 26.2. The molecule has 0 saturated carbocycles. The lowest BCUT2D eigenvalue weighted by Crippen LogP contribution is -2.73. The van der Waals surface area contributed by atoms with E-state index in [9.17, 15) is 23.7 Å². The number of nitrogens with zero attached hydrogens (tertiary/aromatic N) is 3. The second kappa shape index (κ2) is 15.3.